The fraction of sp³-hybridized carbons (Fsp3) is 0.790. The van der Waals surface area contributed by atoms with E-state index in [-0.39, 0.29) is 49.9 Å². The van der Waals surface area contributed by atoms with Crippen LogP contribution in [0.1, 0.15) is 149 Å². The van der Waals surface area contributed by atoms with E-state index in [9.17, 15) is 52.6 Å². The second-order valence-electron chi connectivity index (χ2n) is 26.0. The van der Waals surface area contributed by atoms with Crippen molar-refractivity contribution in [2.75, 3.05) is 62.6 Å². The molecule has 1 rings (SSSR count). The molecule has 1 saturated heterocycles. The Morgan fingerprint density at radius 2 is 0.942 bits per heavy atom. The summed E-state index contributed by atoms with van der Waals surface area (Å²) < 4.78 is 14.2. The van der Waals surface area contributed by atoms with E-state index in [0.29, 0.717) is 6.42 Å². The summed E-state index contributed by atoms with van der Waals surface area (Å²) in [5.74, 6) is -11.1. The maximum absolute atomic E-state index is 15.1. The number of nitrogens with one attached hydrogen (secondary N) is 4. The number of carbonyl (C=O) groups is 11. The van der Waals surface area contributed by atoms with Gasteiger partial charge in [-0.25, -0.2) is 0 Å². The monoisotopic (exact) mass is 1220 g/mol. The van der Waals surface area contributed by atoms with Crippen LogP contribution in [0.15, 0.2) is 12.2 Å². The van der Waals surface area contributed by atoms with Gasteiger partial charge in [0, 0.05) is 49.3 Å². The summed E-state index contributed by atoms with van der Waals surface area (Å²) in [5.41, 5.74) is 0. The molecule has 1 heterocycles. The molecule has 1 aliphatic rings. The molecular weight excluding hydrogens is 1110 g/mol. The van der Waals surface area contributed by atoms with Crippen molar-refractivity contribution >= 4 is 65.0 Å². The maximum Gasteiger partial charge on any atom is 0.246 e. The number of aliphatic hydroxyl groups excluding tert-OH is 1. The second-order valence-corrected chi connectivity index (χ2v) is 26.0. The highest BCUT2D eigenvalue weighted by molar-refractivity contribution is 5.99. The molecule has 0 spiro atoms. The summed E-state index contributed by atoms with van der Waals surface area (Å²) in [7, 11) is 9.68. The molecule has 0 bridgehead atoms. The van der Waals surface area contributed by atoms with Crippen LogP contribution < -0.4 is 21.3 Å². The van der Waals surface area contributed by atoms with Crippen LogP contribution in [0.4, 0.5) is 4.39 Å². The highest BCUT2D eigenvalue weighted by Crippen LogP contribution is 2.26. The van der Waals surface area contributed by atoms with Crippen LogP contribution in [-0.4, -0.2) is 233 Å². The first-order valence-electron chi connectivity index (χ1n) is 30.7. The van der Waals surface area contributed by atoms with Crippen LogP contribution in [0.5, 0.6) is 0 Å². The number of allylic oxidation sites excluding steroid dienone is 2. The first-order valence-corrected chi connectivity index (χ1v) is 30.7. The van der Waals surface area contributed by atoms with Crippen LogP contribution in [-0.2, 0) is 52.7 Å². The van der Waals surface area contributed by atoms with Crippen molar-refractivity contribution in [1.82, 2.24) is 55.6 Å². The molecule has 23 nitrogen and oxygen atoms in total. The molecule has 13 atom stereocenters. The van der Waals surface area contributed by atoms with E-state index in [1.165, 1.54) is 82.8 Å². The first-order chi connectivity index (χ1) is 39.7. The van der Waals surface area contributed by atoms with Crippen LogP contribution in [0.2, 0.25) is 0 Å². The number of rotatable bonds is 16. The van der Waals surface area contributed by atoms with Crippen molar-refractivity contribution in [3.63, 3.8) is 0 Å². The lowest BCUT2D eigenvalue weighted by Crippen LogP contribution is -2.63. The number of carbonyl (C=O) groups excluding carboxylic acids is 11. The molecule has 0 aliphatic carbocycles. The lowest BCUT2D eigenvalue weighted by molar-refractivity contribution is -0.157. The van der Waals surface area contributed by atoms with E-state index in [1.807, 2.05) is 41.5 Å². The zero-order chi connectivity index (χ0) is 66.7. The zero-order valence-electron chi connectivity index (χ0n) is 56.2. The molecular formula is C62H110FN11O12. The Bertz CT molecular complexity index is 2350. The molecule has 492 valence electrons. The lowest BCUT2D eigenvalue weighted by atomic mass is 9.91. The highest BCUT2D eigenvalue weighted by atomic mass is 19.1. The molecule has 1 fully saturated rings. The van der Waals surface area contributed by atoms with Crippen molar-refractivity contribution in [1.29, 1.82) is 0 Å². The van der Waals surface area contributed by atoms with E-state index in [0.717, 1.165) is 14.7 Å². The minimum atomic E-state index is -1.63. The van der Waals surface area contributed by atoms with Crippen molar-refractivity contribution in [2.24, 2.45) is 41.4 Å². The van der Waals surface area contributed by atoms with Crippen LogP contribution in [0, 0.1) is 41.4 Å². The third kappa shape index (κ3) is 21.6. The van der Waals surface area contributed by atoms with Crippen LogP contribution in [0.3, 0.4) is 0 Å². The number of alkyl halides is 1. The minimum absolute atomic E-state index is 0.00454. The fourth-order valence-corrected chi connectivity index (χ4v) is 10.7. The van der Waals surface area contributed by atoms with Gasteiger partial charge in [-0.1, -0.05) is 102 Å². The molecule has 86 heavy (non-hydrogen) atoms. The zero-order valence-corrected chi connectivity index (χ0v) is 56.2. The van der Waals surface area contributed by atoms with E-state index in [1.54, 1.807) is 67.5 Å². The number of amides is 11. The lowest BCUT2D eigenvalue weighted by Gasteiger charge is -2.41. The smallest absolute Gasteiger partial charge is 0.246 e. The number of likely N-dealkylation sites (N-methyl/N-ethyl adjacent to an activating group) is 7. The Hall–Kier alpha value is -6.20. The Balaban J connectivity index is 4.34. The van der Waals surface area contributed by atoms with Gasteiger partial charge in [-0.3, -0.25) is 57.1 Å². The molecule has 0 saturated carbocycles. The van der Waals surface area contributed by atoms with Gasteiger partial charge >= 0.3 is 0 Å². The average molecular weight is 1220 g/mol. The van der Waals surface area contributed by atoms with Crippen molar-refractivity contribution in [2.45, 2.75) is 216 Å². The van der Waals surface area contributed by atoms with Gasteiger partial charge in [-0.05, 0) is 101 Å². The SMILES string of the molecule is C/C=C/C[C@@H](C)[C@@H](O)[C@H]1C(=O)N[C@@H](CC)C(=O)N(C)CC(=O)N(C)[C@@H](CC(C)C)C(=O)N[C@@H](C(C)C)C(=O)N(C)[C@@H](CC(C)CF)C(=O)N[C@@H](C)C(=O)N[C@H](C)C(=O)N(C)[C@@H](CC(C)C)C(=O)N(C)[C@@H](CC(C)C)C(=O)N(C)[C@@H](C(C)C)C(=O)N1C. The molecule has 0 radical (unpaired) electrons. The minimum Gasteiger partial charge on any atom is -0.390 e. The van der Waals surface area contributed by atoms with E-state index >= 15 is 9.59 Å². The Morgan fingerprint density at radius 1 is 0.500 bits per heavy atom. The molecule has 0 aromatic rings. The summed E-state index contributed by atoms with van der Waals surface area (Å²) in [5, 5.41) is 22.8. The van der Waals surface area contributed by atoms with E-state index < -0.39 is 168 Å². The highest BCUT2D eigenvalue weighted by Gasteiger charge is 2.46. The predicted octanol–water partition coefficient (Wildman–Crippen LogP) is 3.22. The molecule has 1 unspecified atom stereocenters. The molecule has 11 amide bonds. The summed E-state index contributed by atoms with van der Waals surface area (Å²) in [6, 6.07) is -13.0. The molecule has 1 aliphatic heterocycles. The number of hydrogen-bond donors (Lipinski definition) is 5. The van der Waals surface area contributed by atoms with E-state index in [2.05, 4.69) is 21.3 Å². The average Bonchev–Trinajstić information content (AvgIpc) is 1.08. The molecule has 0 aromatic heterocycles. The Labute approximate surface area is 513 Å². The fourth-order valence-electron chi connectivity index (χ4n) is 10.7. The van der Waals surface area contributed by atoms with Gasteiger partial charge in [0.25, 0.3) is 0 Å². The predicted molar refractivity (Wildman–Crippen MR) is 329 cm³/mol. The molecule has 0 aromatic carbocycles. The summed E-state index contributed by atoms with van der Waals surface area (Å²) in [6.45, 7) is 25.9. The van der Waals surface area contributed by atoms with Gasteiger partial charge in [0.2, 0.25) is 65.0 Å². The second kappa shape index (κ2) is 35.6. The summed E-state index contributed by atoms with van der Waals surface area (Å²) in [6.07, 6.45) is 2.54. The number of aliphatic hydroxyl groups is 1. The van der Waals surface area contributed by atoms with Crippen LogP contribution >= 0.6 is 0 Å². The van der Waals surface area contributed by atoms with Gasteiger partial charge in [0.15, 0.2) is 0 Å². The maximum atomic E-state index is 15.1. The van der Waals surface area contributed by atoms with Crippen molar-refractivity contribution in [3.8, 4) is 0 Å². The van der Waals surface area contributed by atoms with Gasteiger partial charge < -0.3 is 60.7 Å². The normalized spacial score (nSPS) is 27.0. The molecule has 24 heteroatoms. The Kier molecular flexibility index (Phi) is 32.2. The van der Waals surface area contributed by atoms with Gasteiger partial charge in [0.05, 0.1) is 19.3 Å². The summed E-state index contributed by atoms with van der Waals surface area (Å²) >= 11 is 0. The standard InChI is InChI=1S/C62H110FN11O12/c1-24-26-27-40(14)52(76)51-56(80)66-43(25-2)58(82)68(17)33-48(75)69(18)44(28-34(3)4)55(79)67-49(37(9)10)61(85)70(19)45(31-39(13)32-63)54(78)64-41(15)53(77)65-42(16)57(81)71(20)46(29-35(5)6)59(83)72(21)47(30-36(7)8)60(84)73(22)50(38(11)12)62(86)74(51)23/h24,26,34-47,49-52,76H,25,27-33H2,1-23H3,(H,64,78)(H,65,77)(H,66,80)(H,67,79)/b26-24+/t39?,40-,41+,42-,43+,44+,45+,46+,47+,49+,50+,51+,52-/m1/s1. The number of halogens is 1. The van der Waals surface area contributed by atoms with Gasteiger partial charge in [0.1, 0.15) is 60.4 Å². The van der Waals surface area contributed by atoms with Gasteiger partial charge in [-0.15, -0.1) is 0 Å². The third-order valence-corrected chi connectivity index (χ3v) is 16.3. The third-order valence-electron chi connectivity index (χ3n) is 16.3. The van der Waals surface area contributed by atoms with Crippen LogP contribution in [0.25, 0.3) is 0 Å². The van der Waals surface area contributed by atoms with E-state index in [4.69, 9.17) is 0 Å². The topological polar surface area (TPSA) is 279 Å². The molecule has 5 N–H and O–H groups in total. The van der Waals surface area contributed by atoms with Crippen molar-refractivity contribution < 1.29 is 62.2 Å². The summed E-state index contributed by atoms with van der Waals surface area (Å²) in [4.78, 5) is 168. The largest absolute Gasteiger partial charge is 0.390 e. The quantitative estimate of drug-likeness (QED) is 0.139. The first kappa shape index (κ1) is 77.8. The number of hydrogen-bond acceptors (Lipinski definition) is 12. The Morgan fingerprint density at radius 3 is 1.41 bits per heavy atom. The van der Waals surface area contributed by atoms with Crippen molar-refractivity contribution in [3.05, 3.63) is 12.2 Å². The number of nitrogens with zero attached hydrogens (tertiary/aromatic N) is 7. The van der Waals surface area contributed by atoms with Gasteiger partial charge in [-0.2, -0.15) is 0 Å².